The van der Waals surface area contributed by atoms with Gasteiger partial charge in [-0.15, -0.1) is 0 Å². The second kappa shape index (κ2) is 8.16. The number of carbonyl (C=O) groups is 1. The van der Waals surface area contributed by atoms with E-state index < -0.39 is 10.0 Å². The quantitative estimate of drug-likeness (QED) is 0.690. The van der Waals surface area contributed by atoms with Crippen LogP contribution < -0.4 is 5.32 Å². The highest BCUT2D eigenvalue weighted by Crippen LogP contribution is 2.27. The van der Waals surface area contributed by atoms with E-state index in [9.17, 15) is 13.2 Å². The van der Waals surface area contributed by atoms with Gasteiger partial charge in [-0.2, -0.15) is 4.31 Å². The van der Waals surface area contributed by atoms with Crippen LogP contribution in [0.2, 0.25) is 0 Å². The predicted molar refractivity (Wildman–Crippen MR) is 118 cm³/mol. The van der Waals surface area contributed by atoms with Gasteiger partial charge in [-0.3, -0.25) is 9.78 Å². The Labute approximate surface area is 177 Å². The maximum Gasteiger partial charge on any atom is 0.243 e. The summed E-state index contributed by atoms with van der Waals surface area (Å²) in [5, 5.41) is 3.90. The Balaban J connectivity index is 1.41. The molecule has 2 heterocycles. The molecule has 156 valence electrons. The van der Waals surface area contributed by atoms with Crippen molar-refractivity contribution >= 4 is 32.5 Å². The summed E-state index contributed by atoms with van der Waals surface area (Å²) in [5.74, 6) is -0.308. The van der Waals surface area contributed by atoms with E-state index in [1.807, 2.05) is 56.3 Å². The number of benzene rings is 2. The summed E-state index contributed by atoms with van der Waals surface area (Å²) in [5.41, 5.74) is 3.31. The standard InChI is InChI=1S/C23H25N3O3S/c1-16-7-8-22(17(2)13-16)30(28,29)26-11-9-18(10-12-26)23(27)25-20-14-19-5-3-4-6-21(19)24-15-20/h3-8,13-15,18H,9-12H2,1-2H3,(H,25,27). The molecule has 6 nitrogen and oxygen atoms in total. The summed E-state index contributed by atoms with van der Waals surface area (Å²) in [6.45, 7) is 4.43. The van der Waals surface area contributed by atoms with Crippen LogP contribution in [0.1, 0.15) is 24.0 Å². The van der Waals surface area contributed by atoms with E-state index in [0.29, 0.717) is 36.5 Å². The van der Waals surface area contributed by atoms with Crippen LogP contribution in [0.3, 0.4) is 0 Å². The number of rotatable bonds is 4. The number of piperidine rings is 1. The molecule has 3 aromatic rings. The van der Waals surface area contributed by atoms with Gasteiger partial charge in [-0.1, -0.05) is 35.9 Å². The third kappa shape index (κ3) is 4.08. The fourth-order valence-corrected chi connectivity index (χ4v) is 5.65. The number of carbonyl (C=O) groups excluding carboxylic acids is 1. The smallest absolute Gasteiger partial charge is 0.243 e. The molecule has 0 unspecified atom stereocenters. The first-order valence-corrected chi connectivity index (χ1v) is 11.5. The van der Waals surface area contributed by atoms with Crippen molar-refractivity contribution in [1.82, 2.24) is 9.29 Å². The fraction of sp³-hybridized carbons (Fsp3) is 0.304. The van der Waals surface area contributed by atoms with Crippen LogP contribution in [-0.4, -0.2) is 36.7 Å². The van der Waals surface area contributed by atoms with E-state index >= 15 is 0 Å². The van der Waals surface area contributed by atoms with Crippen molar-refractivity contribution in [1.29, 1.82) is 0 Å². The van der Waals surface area contributed by atoms with Crippen LogP contribution in [0.5, 0.6) is 0 Å². The summed E-state index contributed by atoms with van der Waals surface area (Å²) in [6, 6.07) is 15.0. The van der Waals surface area contributed by atoms with Gasteiger partial charge in [-0.25, -0.2) is 8.42 Å². The number of nitrogens with zero attached hydrogens (tertiary/aromatic N) is 2. The van der Waals surface area contributed by atoms with Crippen molar-refractivity contribution in [2.75, 3.05) is 18.4 Å². The van der Waals surface area contributed by atoms with E-state index in [2.05, 4.69) is 10.3 Å². The van der Waals surface area contributed by atoms with E-state index in [1.165, 1.54) is 4.31 Å². The minimum atomic E-state index is -3.55. The Bertz CT molecular complexity index is 1200. The Morgan fingerprint density at radius 1 is 1.07 bits per heavy atom. The van der Waals surface area contributed by atoms with E-state index in [1.54, 1.807) is 12.3 Å². The molecule has 7 heteroatoms. The molecule has 0 radical (unpaired) electrons. The minimum absolute atomic E-state index is 0.0874. The van der Waals surface area contributed by atoms with Crippen LogP contribution in [-0.2, 0) is 14.8 Å². The Kier molecular flexibility index (Phi) is 5.58. The van der Waals surface area contributed by atoms with E-state index in [4.69, 9.17) is 0 Å². The Morgan fingerprint density at radius 3 is 2.53 bits per heavy atom. The lowest BCUT2D eigenvalue weighted by molar-refractivity contribution is -0.120. The first-order chi connectivity index (χ1) is 14.3. The van der Waals surface area contributed by atoms with Gasteiger partial charge in [0.1, 0.15) is 0 Å². The maximum absolute atomic E-state index is 13.0. The van der Waals surface area contributed by atoms with Crippen LogP contribution in [0.25, 0.3) is 10.9 Å². The fourth-order valence-electron chi connectivity index (χ4n) is 3.97. The van der Waals surface area contributed by atoms with Gasteiger partial charge in [0.05, 0.1) is 22.3 Å². The zero-order chi connectivity index (χ0) is 21.3. The third-order valence-electron chi connectivity index (χ3n) is 5.63. The minimum Gasteiger partial charge on any atom is -0.324 e. The molecule has 0 atom stereocenters. The molecule has 0 aliphatic carbocycles. The second-order valence-corrected chi connectivity index (χ2v) is 9.76. The number of aromatic nitrogens is 1. The number of para-hydroxylation sites is 1. The highest BCUT2D eigenvalue weighted by atomic mass is 32.2. The molecule has 30 heavy (non-hydrogen) atoms. The lowest BCUT2D eigenvalue weighted by Crippen LogP contribution is -2.41. The van der Waals surface area contributed by atoms with Gasteiger partial charge in [0.2, 0.25) is 15.9 Å². The summed E-state index contributed by atoms with van der Waals surface area (Å²) < 4.78 is 27.5. The Hall–Kier alpha value is -2.77. The normalized spacial score (nSPS) is 15.9. The SMILES string of the molecule is Cc1ccc(S(=O)(=O)N2CCC(C(=O)Nc3cnc4ccccc4c3)CC2)c(C)c1. The molecule has 1 N–H and O–H groups in total. The molecule has 1 aliphatic rings. The number of hydrogen-bond donors (Lipinski definition) is 1. The first kappa shape index (κ1) is 20.5. The van der Waals surface area contributed by atoms with Crippen molar-refractivity contribution < 1.29 is 13.2 Å². The van der Waals surface area contributed by atoms with Crippen molar-refractivity contribution in [2.24, 2.45) is 5.92 Å². The molecule has 1 amide bonds. The molecule has 1 fully saturated rings. The number of amides is 1. The van der Waals surface area contributed by atoms with Crippen molar-refractivity contribution in [3.8, 4) is 0 Å². The molecule has 1 saturated heterocycles. The number of hydrogen-bond acceptors (Lipinski definition) is 4. The van der Waals surface area contributed by atoms with Crippen LogP contribution in [0, 0.1) is 19.8 Å². The molecule has 1 aromatic heterocycles. The molecule has 4 rings (SSSR count). The third-order valence-corrected chi connectivity index (χ3v) is 7.69. The largest absolute Gasteiger partial charge is 0.324 e. The number of sulfonamides is 1. The summed E-state index contributed by atoms with van der Waals surface area (Å²) >= 11 is 0. The number of aryl methyl sites for hydroxylation is 2. The average Bonchev–Trinajstić information content (AvgIpc) is 2.73. The molecule has 0 bridgehead atoms. The number of fused-ring (bicyclic) bond motifs is 1. The zero-order valence-corrected chi connectivity index (χ0v) is 17.9. The van der Waals surface area contributed by atoms with Gasteiger partial charge in [0, 0.05) is 24.4 Å². The van der Waals surface area contributed by atoms with Gasteiger partial charge < -0.3 is 5.32 Å². The molecular formula is C23H25N3O3S. The number of pyridine rings is 1. The molecule has 1 aliphatic heterocycles. The van der Waals surface area contributed by atoms with Crippen molar-refractivity contribution in [3.63, 3.8) is 0 Å². The van der Waals surface area contributed by atoms with E-state index in [0.717, 1.165) is 22.0 Å². The zero-order valence-electron chi connectivity index (χ0n) is 17.1. The molecule has 0 saturated carbocycles. The van der Waals surface area contributed by atoms with Crippen LogP contribution in [0.4, 0.5) is 5.69 Å². The summed E-state index contributed by atoms with van der Waals surface area (Å²) in [4.78, 5) is 17.4. The van der Waals surface area contributed by atoms with Crippen LogP contribution >= 0.6 is 0 Å². The second-order valence-electron chi connectivity index (χ2n) is 7.85. The van der Waals surface area contributed by atoms with Crippen LogP contribution in [0.15, 0.2) is 59.6 Å². The first-order valence-electron chi connectivity index (χ1n) is 10.1. The topological polar surface area (TPSA) is 79.4 Å². The van der Waals surface area contributed by atoms with E-state index in [-0.39, 0.29) is 11.8 Å². The average molecular weight is 424 g/mol. The molecule has 2 aromatic carbocycles. The highest BCUT2D eigenvalue weighted by molar-refractivity contribution is 7.89. The Morgan fingerprint density at radius 2 is 1.80 bits per heavy atom. The van der Waals surface area contributed by atoms with Crippen molar-refractivity contribution in [2.45, 2.75) is 31.6 Å². The molecular weight excluding hydrogens is 398 g/mol. The maximum atomic E-state index is 13.0. The number of anilines is 1. The lowest BCUT2D eigenvalue weighted by Gasteiger charge is -2.31. The summed E-state index contributed by atoms with van der Waals surface area (Å²) in [6.07, 6.45) is 2.65. The highest BCUT2D eigenvalue weighted by Gasteiger charge is 2.32. The molecule has 0 spiro atoms. The van der Waals surface area contributed by atoms with Gasteiger partial charge in [0.15, 0.2) is 0 Å². The lowest BCUT2D eigenvalue weighted by atomic mass is 9.97. The van der Waals surface area contributed by atoms with Gasteiger partial charge in [0.25, 0.3) is 0 Å². The monoisotopic (exact) mass is 423 g/mol. The summed E-state index contributed by atoms with van der Waals surface area (Å²) in [7, 11) is -3.55. The number of nitrogens with one attached hydrogen (secondary N) is 1. The van der Waals surface area contributed by atoms with Crippen molar-refractivity contribution in [3.05, 3.63) is 65.9 Å². The van der Waals surface area contributed by atoms with Gasteiger partial charge >= 0.3 is 0 Å². The van der Waals surface area contributed by atoms with Gasteiger partial charge in [-0.05, 0) is 50.5 Å². The predicted octanol–water partition coefficient (Wildman–Crippen LogP) is 3.89.